The summed E-state index contributed by atoms with van der Waals surface area (Å²) in [5, 5.41) is 21.0. The van der Waals surface area contributed by atoms with Gasteiger partial charge in [-0.2, -0.15) is 0 Å². The number of halogens is 2. The fraction of sp³-hybridized carbons (Fsp3) is 0.261. The molecule has 1 aromatic carbocycles. The molecule has 32 heavy (non-hydrogen) atoms. The van der Waals surface area contributed by atoms with E-state index in [1.54, 1.807) is 18.3 Å². The van der Waals surface area contributed by atoms with Gasteiger partial charge in [0.2, 0.25) is 0 Å². The summed E-state index contributed by atoms with van der Waals surface area (Å²) in [6.45, 7) is 2.37. The molecule has 0 aliphatic carbocycles. The second-order valence-electron chi connectivity index (χ2n) is 7.23. The van der Waals surface area contributed by atoms with Crippen LogP contribution in [0.25, 0.3) is 6.08 Å². The van der Waals surface area contributed by atoms with Gasteiger partial charge >= 0.3 is 11.9 Å². The van der Waals surface area contributed by atoms with Crippen molar-refractivity contribution in [3.8, 4) is 0 Å². The Morgan fingerprint density at radius 1 is 1.19 bits per heavy atom. The van der Waals surface area contributed by atoms with E-state index in [0.717, 1.165) is 30.0 Å². The van der Waals surface area contributed by atoms with Gasteiger partial charge in [-0.3, -0.25) is 0 Å². The molecule has 0 amide bonds. The maximum atomic E-state index is 11.9. The summed E-state index contributed by atoms with van der Waals surface area (Å²) in [6.07, 6.45) is 6.22. The molecule has 0 atom stereocenters. The van der Waals surface area contributed by atoms with Crippen LogP contribution < -0.4 is 0 Å². The molecule has 0 spiro atoms. The van der Waals surface area contributed by atoms with E-state index in [0.29, 0.717) is 17.7 Å². The molecule has 0 bridgehead atoms. The molecule has 0 unspecified atom stereocenters. The van der Waals surface area contributed by atoms with Crippen molar-refractivity contribution < 1.29 is 19.8 Å². The third kappa shape index (κ3) is 5.59. The van der Waals surface area contributed by atoms with Gasteiger partial charge in [0.05, 0.1) is 34.0 Å². The van der Waals surface area contributed by atoms with Crippen LogP contribution >= 0.6 is 34.5 Å². The van der Waals surface area contributed by atoms with Crippen LogP contribution in [0.1, 0.15) is 52.1 Å². The third-order valence-electron chi connectivity index (χ3n) is 4.99. The van der Waals surface area contributed by atoms with Crippen molar-refractivity contribution in [3.63, 3.8) is 0 Å². The van der Waals surface area contributed by atoms with E-state index < -0.39 is 11.9 Å². The van der Waals surface area contributed by atoms with Crippen LogP contribution in [-0.2, 0) is 24.2 Å². The minimum absolute atomic E-state index is 0.0205. The molecule has 9 heteroatoms. The molecule has 0 radical (unpaired) electrons. The highest BCUT2D eigenvalue weighted by atomic mass is 35.5. The van der Waals surface area contributed by atoms with Gasteiger partial charge < -0.3 is 14.8 Å². The van der Waals surface area contributed by atoms with E-state index in [2.05, 4.69) is 11.9 Å². The molecule has 6 nitrogen and oxygen atoms in total. The first kappa shape index (κ1) is 24.0. The van der Waals surface area contributed by atoms with Gasteiger partial charge in [0.15, 0.2) is 0 Å². The number of carbonyl (C=O) groups is 2. The lowest BCUT2D eigenvalue weighted by Gasteiger charge is -2.14. The Bertz CT molecular complexity index is 1150. The molecule has 0 fully saturated rings. The normalized spacial score (nSPS) is 11.7. The predicted molar refractivity (Wildman–Crippen MR) is 127 cm³/mol. The van der Waals surface area contributed by atoms with Crippen LogP contribution in [0.3, 0.4) is 0 Å². The summed E-state index contributed by atoms with van der Waals surface area (Å²) in [4.78, 5) is 28.7. The minimum Gasteiger partial charge on any atom is -0.478 e. The van der Waals surface area contributed by atoms with Crippen LogP contribution in [0, 0.1) is 0 Å². The summed E-state index contributed by atoms with van der Waals surface area (Å²) >= 11 is 14.1. The van der Waals surface area contributed by atoms with Crippen molar-refractivity contribution in [3.05, 3.63) is 79.0 Å². The molecular weight excluding hydrogens is 471 g/mol. The lowest BCUT2D eigenvalue weighted by Crippen LogP contribution is -2.10. The number of benzene rings is 1. The highest BCUT2D eigenvalue weighted by Crippen LogP contribution is 2.31. The molecule has 2 N–H and O–H groups in total. The van der Waals surface area contributed by atoms with Gasteiger partial charge in [-0.05, 0) is 35.6 Å². The number of carboxylic acids is 2. The number of imidazole rings is 1. The molecule has 3 rings (SSSR count). The molecular formula is C23H22Cl2N2O4S. The van der Waals surface area contributed by atoms with Gasteiger partial charge in [0.25, 0.3) is 0 Å². The van der Waals surface area contributed by atoms with Crippen molar-refractivity contribution in [1.29, 1.82) is 0 Å². The van der Waals surface area contributed by atoms with Crippen molar-refractivity contribution in [2.75, 3.05) is 0 Å². The fourth-order valence-electron chi connectivity index (χ4n) is 3.28. The molecule has 3 aromatic rings. The number of unbranched alkanes of at least 4 members (excludes halogenated alkanes) is 1. The summed E-state index contributed by atoms with van der Waals surface area (Å²) in [7, 11) is 0. The smallest absolute Gasteiger partial charge is 0.337 e. The second kappa shape index (κ2) is 10.8. The van der Waals surface area contributed by atoms with Gasteiger partial charge in [0, 0.05) is 23.3 Å². The van der Waals surface area contributed by atoms with Gasteiger partial charge in [-0.25, -0.2) is 14.6 Å². The van der Waals surface area contributed by atoms with Crippen molar-refractivity contribution in [2.24, 2.45) is 0 Å². The number of aromatic carboxylic acids is 1. The van der Waals surface area contributed by atoms with E-state index in [-0.39, 0.29) is 27.7 Å². The Balaban J connectivity index is 2.02. The Morgan fingerprint density at radius 3 is 2.59 bits per heavy atom. The van der Waals surface area contributed by atoms with E-state index in [4.69, 9.17) is 23.2 Å². The molecule has 0 saturated carbocycles. The van der Waals surface area contributed by atoms with Gasteiger partial charge in [0.1, 0.15) is 5.82 Å². The Hall–Kier alpha value is -2.61. The quantitative estimate of drug-likeness (QED) is 0.336. The van der Waals surface area contributed by atoms with Gasteiger partial charge in [-0.1, -0.05) is 48.7 Å². The average Bonchev–Trinajstić information content (AvgIpc) is 3.39. The number of hydrogen-bond donors (Lipinski definition) is 2. The fourth-order valence-corrected chi connectivity index (χ4v) is 4.49. The second-order valence-corrected chi connectivity index (χ2v) is 9.01. The van der Waals surface area contributed by atoms with E-state index >= 15 is 0 Å². The first-order valence-corrected chi connectivity index (χ1v) is 11.7. The van der Waals surface area contributed by atoms with Crippen LogP contribution in [0.5, 0.6) is 0 Å². The molecule has 168 valence electrons. The van der Waals surface area contributed by atoms with Gasteiger partial charge in [-0.15, -0.1) is 11.3 Å². The largest absolute Gasteiger partial charge is 0.478 e. The summed E-state index contributed by atoms with van der Waals surface area (Å²) in [5.41, 5.74) is 1.45. The highest BCUT2D eigenvalue weighted by molar-refractivity contribution is 7.09. The van der Waals surface area contributed by atoms with Crippen LogP contribution in [0.15, 0.2) is 41.4 Å². The standard InChI is InChI=1S/C23H22Cl2N2O4S/c1-2-3-6-19-26-12-16(10-15(22(28)29)11-17-5-4-9-32-17)27(19)13-14-7-8-18(23(30)31)21(25)20(14)24/h4-5,7-10,12H,2-3,6,11,13H2,1H3,(H,28,29)(H,30,31). The summed E-state index contributed by atoms with van der Waals surface area (Å²) < 4.78 is 1.91. The average molecular weight is 493 g/mol. The van der Waals surface area contributed by atoms with E-state index in [1.165, 1.54) is 17.4 Å². The first-order valence-electron chi connectivity index (χ1n) is 10.0. The van der Waals surface area contributed by atoms with E-state index in [1.807, 2.05) is 22.1 Å². The number of rotatable bonds is 10. The Morgan fingerprint density at radius 2 is 1.97 bits per heavy atom. The zero-order chi connectivity index (χ0) is 23.3. The SMILES string of the molecule is CCCCc1ncc(C=C(Cc2cccs2)C(=O)O)n1Cc1ccc(C(=O)O)c(Cl)c1Cl. The predicted octanol–water partition coefficient (Wildman–Crippen LogP) is 6.05. The number of carboxylic acid groups (broad SMARTS) is 2. The zero-order valence-electron chi connectivity index (χ0n) is 17.3. The number of aromatic nitrogens is 2. The Kier molecular flexibility index (Phi) is 8.12. The van der Waals surface area contributed by atoms with Crippen molar-refractivity contribution >= 4 is 52.6 Å². The lowest BCUT2D eigenvalue weighted by atomic mass is 10.1. The molecule has 2 aromatic heterocycles. The lowest BCUT2D eigenvalue weighted by molar-refractivity contribution is -0.132. The summed E-state index contributed by atoms with van der Waals surface area (Å²) in [6, 6.07) is 6.83. The van der Waals surface area contributed by atoms with Crippen molar-refractivity contribution in [2.45, 2.75) is 39.2 Å². The van der Waals surface area contributed by atoms with Crippen LogP contribution in [0.2, 0.25) is 10.0 Å². The number of hydrogen-bond acceptors (Lipinski definition) is 4. The maximum absolute atomic E-state index is 11.9. The van der Waals surface area contributed by atoms with E-state index in [9.17, 15) is 19.8 Å². The maximum Gasteiger partial charge on any atom is 0.337 e. The monoisotopic (exact) mass is 492 g/mol. The van der Waals surface area contributed by atoms with Crippen molar-refractivity contribution in [1.82, 2.24) is 9.55 Å². The minimum atomic E-state index is -1.15. The number of aryl methyl sites for hydroxylation is 1. The van der Waals surface area contributed by atoms with Crippen LogP contribution in [0.4, 0.5) is 0 Å². The molecule has 0 aliphatic rings. The molecule has 0 saturated heterocycles. The number of aliphatic carboxylic acids is 1. The summed E-state index contributed by atoms with van der Waals surface area (Å²) in [5.74, 6) is -1.35. The molecule has 2 heterocycles. The highest BCUT2D eigenvalue weighted by Gasteiger charge is 2.18. The molecule has 0 aliphatic heterocycles. The third-order valence-corrected chi connectivity index (χ3v) is 6.78. The van der Waals surface area contributed by atoms with Crippen LogP contribution in [-0.4, -0.2) is 31.7 Å². The Labute approximate surface area is 199 Å². The number of thiophene rings is 1. The first-order chi connectivity index (χ1) is 15.3. The topological polar surface area (TPSA) is 92.4 Å². The number of nitrogens with zero attached hydrogens (tertiary/aromatic N) is 2. The zero-order valence-corrected chi connectivity index (χ0v) is 19.7.